The smallest absolute Gasteiger partial charge is 0.246 e. The van der Waals surface area contributed by atoms with Crippen molar-refractivity contribution >= 4 is 39.0 Å². The molecule has 6 rings (SSSR count). The number of hydrogen-bond donors (Lipinski definition) is 1. The molecule has 202 valence electrons. The first-order chi connectivity index (χ1) is 19.0. The number of aromatic nitrogens is 2. The number of hydrogen-bond acceptors (Lipinski definition) is 7. The van der Waals surface area contributed by atoms with Gasteiger partial charge in [0, 0.05) is 36.7 Å². The third-order valence-electron chi connectivity index (χ3n) is 7.58. The molecule has 0 bridgehead atoms. The minimum absolute atomic E-state index is 0.309. The Bertz CT molecular complexity index is 1500. The predicted molar refractivity (Wildman–Crippen MR) is 149 cm³/mol. The molecule has 1 amide bonds. The van der Waals surface area contributed by atoms with Gasteiger partial charge in [0.2, 0.25) is 5.91 Å². The predicted octanol–water partition coefficient (Wildman–Crippen LogP) is 5.36. The first-order valence-corrected chi connectivity index (χ1v) is 14.0. The standard InChI is InChI=1S/C29H29F2N5O2S/c1-38-20-9-7-19(8-10-20)34-28(37)26(18-6-11-22(30)23(31)16-18)35-12-14-36(15-13-35)27-25-21-4-2-3-5-24(21)39-29(25)33-17-32-27/h6-11,16-17,26H,2-5,12-15H2,1H3,(H,34,37). The van der Waals surface area contributed by atoms with Crippen molar-refractivity contribution < 1.29 is 18.3 Å². The average molecular weight is 550 g/mol. The molecule has 39 heavy (non-hydrogen) atoms. The van der Waals surface area contributed by atoms with Crippen molar-refractivity contribution in [1.29, 1.82) is 0 Å². The monoisotopic (exact) mass is 549 g/mol. The number of fused-ring (bicyclic) bond motifs is 3. The van der Waals surface area contributed by atoms with Crippen LogP contribution in [0, 0.1) is 11.6 Å². The van der Waals surface area contributed by atoms with E-state index in [1.54, 1.807) is 49.0 Å². The second-order valence-corrected chi connectivity index (χ2v) is 11.0. The van der Waals surface area contributed by atoms with E-state index in [1.807, 2.05) is 4.90 Å². The third kappa shape index (κ3) is 5.06. The van der Waals surface area contributed by atoms with Gasteiger partial charge in [-0.3, -0.25) is 9.69 Å². The molecule has 7 nitrogen and oxygen atoms in total. The highest BCUT2D eigenvalue weighted by molar-refractivity contribution is 7.19. The molecule has 2 aliphatic rings. The number of halogens is 2. The van der Waals surface area contributed by atoms with E-state index in [1.165, 1.54) is 34.7 Å². The van der Waals surface area contributed by atoms with Crippen LogP contribution < -0.4 is 15.0 Å². The van der Waals surface area contributed by atoms with Crippen LogP contribution in [-0.2, 0) is 17.6 Å². The lowest BCUT2D eigenvalue weighted by molar-refractivity contribution is -0.121. The van der Waals surface area contributed by atoms with Crippen molar-refractivity contribution in [1.82, 2.24) is 14.9 Å². The summed E-state index contributed by atoms with van der Waals surface area (Å²) in [5, 5.41) is 4.10. The van der Waals surface area contributed by atoms with Crippen LogP contribution in [-0.4, -0.2) is 54.1 Å². The second-order valence-electron chi connectivity index (χ2n) is 9.91. The molecular weight excluding hydrogens is 520 g/mol. The van der Waals surface area contributed by atoms with Crippen LogP contribution in [0.1, 0.15) is 34.9 Å². The van der Waals surface area contributed by atoms with Crippen LogP contribution in [0.2, 0.25) is 0 Å². The van der Waals surface area contributed by atoms with Gasteiger partial charge in [-0.15, -0.1) is 11.3 Å². The number of piperazine rings is 1. The lowest BCUT2D eigenvalue weighted by atomic mass is 9.97. The molecule has 0 saturated carbocycles. The summed E-state index contributed by atoms with van der Waals surface area (Å²) in [6, 6.07) is 9.90. The fourth-order valence-electron chi connectivity index (χ4n) is 5.60. The topological polar surface area (TPSA) is 70.6 Å². The molecule has 10 heteroatoms. The zero-order valence-corrected chi connectivity index (χ0v) is 22.4. The Morgan fingerprint density at radius 1 is 1.00 bits per heavy atom. The molecule has 2 aromatic carbocycles. The summed E-state index contributed by atoms with van der Waals surface area (Å²) >= 11 is 1.78. The maximum absolute atomic E-state index is 14.3. The maximum Gasteiger partial charge on any atom is 0.246 e. The zero-order chi connectivity index (χ0) is 26.9. The number of benzene rings is 2. The lowest BCUT2D eigenvalue weighted by Crippen LogP contribution is -2.50. The Morgan fingerprint density at radius 2 is 1.77 bits per heavy atom. The number of anilines is 2. The number of aryl methyl sites for hydroxylation is 2. The van der Waals surface area contributed by atoms with E-state index >= 15 is 0 Å². The van der Waals surface area contributed by atoms with Crippen molar-refractivity contribution in [2.75, 3.05) is 43.5 Å². The molecule has 1 aliphatic heterocycles. The Balaban J connectivity index is 1.25. The minimum Gasteiger partial charge on any atom is -0.497 e. The largest absolute Gasteiger partial charge is 0.497 e. The van der Waals surface area contributed by atoms with Crippen LogP contribution in [0.25, 0.3) is 10.2 Å². The number of amides is 1. The van der Waals surface area contributed by atoms with E-state index in [4.69, 9.17) is 4.74 Å². The van der Waals surface area contributed by atoms with Crippen molar-refractivity contribution in [2.24, 2.45) is 0 Å². The number of carbonyl (C=O) groups excluding carboxylic acids is 1. The van der Waals surface area contributed by atoms with Gasteiger partial charge in [-0.05, 0) is 73.2 Å². The van der Waals surface area contributed by atoms with Crippen molar-refractivity contribution in [2.45, 2.75) is 31.7 Å². The third-order valence-corrected chi connectivity index (χ3v) is 8.78. The van der Waals surface area contributed by atoms with Crippen LogP contribution in [0.5, 0.6) is 5.75 Å². The van der Waals surface area contributed by atoms with E-state index in [2.05, 4.69) is 20.2 Å². The second kappa shape index (κ2) is 10.9. The normalized spacial score (nSPS) is 16.6. The van der Waals surface area contributed by atoms with Gasteiger partial charge < -0.3 is 15.0 Å². The number of nitrogens with one attached hydrogen (secondary N) is 1. The van der Waals surface area contributed by atoms with Gasteiger partial charge in [-0.2, -0.15) is 0 Å². The fourth-order valence-corrected chi connectivity index (χ4v) is 6.82. The Kier molecular flexibility index (Phi) is 7.14. The molecule has 1 fully saturated rings. The summed E-state index contributed by atoms with van der Waals surface area (Å²) in [6.45, 7) is 2.40. The van der Waals surface area contributed by atoms with Gasteiger partial charge in [0.05, 0.1) is 12.5 Å². The van der Waals surface area contributed by atoms with Crippen molar-refractivity contribution in [3.05, 3.63) is 76.4 Å². The van der Waals surface area contributed by atoms with Crippen LogP contribution in [0.15, 0.2) is 48.8 Å². The maximum atomic E-state index is 14.3. The van der Waals surface area contributed by atoms with Crippen molar-refractivity contribution in [3.63, 3.8) is 0 Å². The number of ether oxygens (including phenoxy) is 1. The van der Waals surface area contributed by atoms with Crippen LogP contribution >= 0.6 is 11.3 Å². The number of nitrogens with zero attached hydrogens (tertiary/aromatic N) is 4. The van der Waals surface area contributed by atoms with E-state index in [-0.39, 0.29) is 5.91 Å². The Labute approximate surface area is 229 Å². The first kappa shape index (κ1) is 25.6. The summed E-state index contributed by atoms with van der Waals surface area (Å²) in [6.07, 6.45) is 6.19. The average Bonchev–Trinajstić information content (AvgIpc) is 3.35. The summed E-state index contributed by atoms with van der Waals surface area (Å²) < 4.78 is 33.2. The molecule has 0 spiro atoms. The highest BCUT2D eigenvalue weighted by Crippen LogP contribution is 2.39. The number of methoxy groups -OCH3 is 1. The summed E-state index contributed by atoms with van der Waals surface area (Å²) in [5.74, 6) is -0.599. The fraction of sp³-hybridized carbons (Fsp3) is 0.345. The van der Waals surface area contributed by atoms with Gasteiger partial charge in [0.1, 0.15) is 28.8 Å². The summed E-state index contributed by atoms with van der Waals surface area (Å²) in [5.41, 5.74) is 2.39. The molecule has 1 aliphatic carbocycles. The summed E-state index contributed by atoms with van der Waals surface area (Å²) in [7, 11) is 1.58. The van der Waals surface area contributed by atoms with E-state index in [0.717, 1.165) is 35.6 Å². The molecule has 3 heterocycles. The molecule has 4 aromatic rings. The minimum atomic E-state index is -0.973. The molecule has 1 atom stereocenters. The Morgan fingerprint density at radius 3 is 2.51 bits per heavy atom. The number of carbonyl (C=O) groups is 1. The highest BCUT2D eigenvalue weighted by atomic mass is 32.1. The Hall–Kier alpha value is -3.63. The lowest BCUT2D eigenvalue weighted by Gasteiger charge is -2.39. The van der Waals surface area contributed by atoms with Gasteiger partial charge in [0.25, 0.3) is 0 Å². The van der Waals surface area contributed by atoms with Gasteiger partial charge in [-0.1, -0.05) is 6.07 Å². The molecule has 1 N–H and O–H groups in total. The number of rotatable bonds is 6. The van der Waals surface area contributed by atoms with E-state index in [9.17, 15) is 13.6 Å². The molecule has 1 unspecified atom stereocenters. The summed E-state index contributed by atoms with van der Waals surface area (Å²) in [4.78, 5) is 29.6. The SMILES string of the molecule is COc1ccc(NC(=O)C(c2ccc(F)c(F)c2)N2CCN(c3ncnc4sc5c(c34)CCCC5)CC2)cc1. The van der Waals surface area contributed by atoms with Crippen LogP contribution in [0.4, 0.5) is 20.3 Å². The van der Waals surface area contributed by atoms with E-state index in [0.29, 0.717) is 43.2 Å². The van der Waals surface area contributed by atoms with Crippen LogP contribution in [0.3, 0.4) is 0 Å². The van der Waals surface area contributed by atoms with Gasteiger partial charge in [0.15, 0.2) is 11.6 Å². The van der Waals surface area contributed by atoms with Crippen molar-refractivity contribution in [3.8, 4) is 5.75 Å². The van der Waals surface area contributed by atoms with Gasteiger partial charge >= 0.3 is 0 Å². The quantitative estimate of drug-likeness (QED) is 0.349. The van der Waals surface area contributed by atoms with E-state index < -0.39 is 17.7 Å². The van der Waals surface area contributed by atoms with Gasteiger partial charge in [-0.25, -0.2) is 18.7 Å². The first-order valence-electron chi connectivity index (χ1n) is 13.2. The number of thiophene rings is 1. The molecular formula is C29H29F2N5O2S. The highest BCUT2D eigenvalue weighted by Gasteiger charge is 2.33. The molecule has 2 aromatic heterocycles. The zero-order valence-electron chi connectivity index (χ0n) is 21.6. The molecule has 1 saturated heterocycles. The molecule has 0 radical (unpaired) electrons.